The van der Waals surface area contributed by atoms with E-state index in [1.807, 2.05) is 18.2 Å². The van der Waals surface area contributed by atoms with E-state index in [1.165, 1.54) is 11.3 Å². The molecular formula is C8H5N3S. The molecule has 2 aromatic heterocycles. The molecule has 0 bridgehead atoms. The number of anilines is 1. The molecule has 0 fully saturated rings. The van der Waals surface area contributed by atoms with Gasteiger partial charge in [-0.3, -0.25) is 4.98 Å². The van der Waals surface area contributed by atoms with Crippen LogP contribution in [0.1, 0.15) is 4.88 Å². The van der Waals surface area contributed by atoms with Crippen molar-refractivity contribution in [2.24, 2.45) is 0 Å². The highest BCUT2D eigenvalue weighted by molar-refractivity contribution is 7.20. The van der Waals surface area contributed by atoms with E-state index in [4.69, 9.17) is 11.0 Å². The molecule has 0 radical (unpaired) electrons. The first-order valence-electron chi connectivity index (χ1n) is 3.36. The number of hydrogen-bond donors (Lipinski definition) is 1. The van der Waals surface area contributed by atoms with Gasteiger partial charge in [0.15, 0.2) is 0 Å². The molecule has 0 saturated carbocycles. The Balaban J connectivity index is 2.90. The van der Waals surface area contributed by atoms with Gasteiger partial charge in [-0.05, 0) is 12.1 Å². The Hall–Kier alpha value is -1.60. The maximum Gasteiger partial charge on any atom is 0.130 e. The fourth-order valence-electron chi connectivity index (χ4n) is 1.03. The summed E-state index contributed by atoms with van der Waals surface area (Å²) in [5, 5.41) is 8.67. The molecule has 2 aromatic rings. The third kappa shape index (κ3) is 0.840. The summed E-state index contributed by atoms with van der Waals surface area (Å²) in [4.78, 5) is 4.63. The zero-order valence-corrected chi connectivity index (χ0v) is 6.93. The van der Waals surface area contributed by atoms with Crippen LogP contribution in [-0.4, -0.2) is 4.98 Å². The lowest BCUT2D eigenvalue weighted by Crippen LogP contribution is -1.85. The highest BCUT2D eigenvalue weighted by Gasteiger charge is 2.07. The fraction of sp³-hybridized carbons (Fsp3) is 0. The van der Waals surface area contributed by atoms with E-state index in [1.54, 1.807) is 6.20 Å². The number of aromatic nitrogens is 1. The molecule has 12 heavy (non-hydrogen) atoms. The molecule has 0 unspecified atom stereocenters. The number of pyridine rings is 1. The summed E-state index contributed by atoms with van der Waals surface area (Å²) >= 11 is 1.38. The molecule has 0 saturated heterocycles. The van der Waals surface area contributed by atoms with Crippen LogP contribution in [0.4, 0.5) is 5.69 Å². The Morgan fingerprint density at radius 1 is 1.58 bits per heavy atom. The number of rotatable bonds is 0. The third-order valence-electron chi connectivity index (χ3n) is 1.58. The zero-order chi connectivity index (χ0) is 8.55. The van der Waals surface area contributed by atoms with Crippen molar-refractivity contribution in [2.75, 3.05) is 5.73 Å². The van der Waals surface area contributed by atoms with Gasteiger partial charge in [-0.15, -0.1) is 11.3 Å². The molecule has 0 aliphatic carbocycles. The van der Waals surface area contributed by atoms with Crippen LogP contribution in [-0.2, 0) is 0 Å². The average Bonchev–Trinajstić information content (AvgIpc) is 2.44. The lowest BCUT2D eigenvalue weighted by molar-refractivity contribution is 1.43. The van der Waals surface area contributed by atoms with E-state index < -0.39 is 0 Å². The standard InChI is InChI=1S/C8H5N3S/c9-4-6-7(10)8-5(12-6)2-1-3-11-8/h1-3H,10H2. The van der Waals surface area contributed by atoms with Crippen molar-refractivity contribution in [1.29, 1.82) is 5.26 Å². The number of nitrogens with two attached hydrogens (primary N) is 1. The summed E-state index contributed by atoms with van der Waals surface area (Å²) in [7, 11) is 0. The molecule has 0 spiro atoms. The van der Waals surface area contributed by atoms with Gasteiger partial charge in [0.05, 0.1) is 10.4 Å². The second-order valence-electron chi connectivity index (χ2n) is 2.31. The van der Waals surface area contributed by atoms with Crippen LogP contribution in [0.2, 0.25) is 0 Å². The molecule has 0 aliphatic rings. The molecule has 4 heteroatoms. The molecule has 2 N–H and O–H groups in total. The van der Waals surface area contributed by atoms with Crippen molar-refractivity contribution >= 4 is 27.2 Å². The molecule has 2 heterocycles. The first kappa shape index (κ1) is 7.07. The minimum absolute atomic E-state index is 0.498. The molecule has 0 aliphatic heterocycles. The van der Waals surface area contributed by atoms with Crippen LogP contribution in [0.5, 0.6) is 0 Å². The van der Waals surface area contributed by atoms with Gasteiger partial charge in [0.2, 0.25) is 0 Å². The molecule has 2 rings (SSSR count). The van der Waals surface area contributed by atoms with E-state index in [-0.39, 0.29) is 0 Å². The fourth-order valence-corrected chi connectivity index (χ4v) is 1.91. The quantitative estimate of drug-likeness (QED) is 0.663. The van der Waals surface area contributed by atoms with Gasteiger partial charge in [0, 0.05) is 6.20 Å². The predicted octanol–water partition coefficient (Wildman–Crippen LogP) is 1.75. The summed E-state index contributed by atoms with van der Waals surface area (Å²) in [6.45, 7) is 0. The van der Waals surface area contributed by atoms with Gasteiger partial charge < -0.3 is 5.73 Å². The van der Waals surface area contributed by atoms with Crippen LogP contribution < -0.4 is 5.73 Å². The van der Waals surface area contributed by atoms with Crippen LogP contribution >= 0.6 is 11.3 Å². The van der Waals surface area contributed by atoms with Crippen molar-refractivity contribution in [1.82, 2.24) is 4.98 Å². The largest absolute Gasteiger partial charge is 0.395 e. The number of thiophene rings is 1. The Labute approximate surface area is 73.1 Å². The number of hydrogen-bond acceptors (Lipinski definition) is 4. The third-order valence-corrected chi connectivity index (χ3v) is 2.65. The number of fused-ring (bicyclic) bond motifs is 1. The Kier molecular flexibility index (Phi) is 1.45. The van der Waals surface area contributed by atoms with Crippen LogP contribution in [0.15, 0.2) is 18.3 Å². The second kappa shape index (κ2) is 2.47. The van der Waals surface area contributed by atoms with Crippen LogP contribution in [0, 0.1) is 11.3 Å². The van der Waals surface area contributed by atoms with Gasteiger partial charge in [0.25, 0.3) is 0 Å². The lowest BCUT2D eigenvalue weighted by atomic mass is 10.3. The summed E-state index contributed by atoms with van der Waals surface area (Å²) in [6, 6.07) is 5.78. The van der Waals surface area contributed by atoms with E-state index in [9.17, 15) is 0 Å². The predicted molar refractivity (Wildman–Crippen MR) is 48.7 cm³/mol. The van der Waals surface area contributed by atoms with Crippen molar-refractivity contribution in [2.45, 2.75) is 0 Å². The highest BCUT2D eigenvalue weighted by atomic mass is 32.1. The Morgan fingerprint density at radius 2 is 2.42 bits per heavy atom. The Morgan fingerprint density at radius 3 is 3.08 bits per heavy atom. The maximum absolute atomic E-state index is 8.67. The van der Waals surface area contributed by atoms with Crippen molar-refractivity contribution in [3.05, 3.63) is 23.2 Å². The summed E-state index contributed by atoms with van der Waals surface area (Å²) in [5.41, 5.74) is 6.91. The molecule has 0 aromatic carbocycles. The minimum Gasteiger partial charge on any atom is -0.395 e. The topological polar surface area (TPSA) is 62.7 Å². The number of nitrogens with zero attached hydrogens (tertiary/aromatic N) is 2. The summed E-state index contributed by atoms with van der Waals surface area (Å²) in [6.07, 6.45) is 1.67. The molecule has 58 valence electrons. The van der Waals surface area contributed by atoms with E-state index in [0.29, 0.717) is 10.6 Å². The molecule has 0 amide bonds. The van der Waals surface area contributed by atoms with Gasteiger partial charge in [0.1, 0.15) is 16.5 Å². The average molecular weight is 175 g/mol. The highest BCUT2D eigenvalue weighted by Crippen LogP contribution is 2.30. The van der Waals surface area contributed by atoms with E-state index in [2.05, 4.69) is 4.98 Å². The van der Waals surface area contributed by atoms with E-state index in [0.717, 1.165) is 10.2 Å². The number of nitriles is 1. The van der Waals surface area contributed by atoms with Crippen molar-refractivity contribution < 1.29 is 0 Å². The smallest absolute Gasteiger partial charge is 0.130 e. The minimum atomic E-state index is 0.498. The van der Waals surface area contributed by atoms with Gasteiger partial charge in [-0.25, -0.2) is 0 Å². The first-order chi connectivity index (χ1) is 5.83. The van der Waals surface area contributed by atoms with Gasteiger partial charge in [-0.2, -0.15) is 5.26 Å². The molecular weight excluding hydrogens is 170 g/mol. The SMILES string of the molecule is N#Cc1sc2cccnc2c1N. The van der Waals surface area contributed by atoms with E-state index >= 15 is 0 Å². The van der Waals surface area contributed by atoms with Gasteiger partial charge in [-0.1, -0.05) is 0 Å². The van der Waals surface area contributed by atoms with Crippen molar-refractivity contribution in [3.63, 3.8) is 0 Å². The van der Waals surface area contributed by atoms with Gasteiger partial charge >= 0.3 is 0 Å². The number of nitrogen functional groups attached to an aromatic ring is 1. The summed E-state index contributed by atoms with van der Waals surface area (Å²) < 4.78 is 0.964. The zero-order valence-electron chi connectivity index (χ0n) is 6.11. The molecule has 3 nitrogen and oxygen atoms in total. The van der Waals surface area contributed by atoms with Crippen molar-refractivity contribution in [3.8, 4) is 6.07 Å². The second-order valence-corrected chi connectivity index (χ2v) is 3.36. The first-order valence-corrected chi connectivity index (χ1v) is 4.17. The molecule has 0 atom stereocenters. The summed E-state index contributed by atoms with van der Waals surface area (Å²) in [5.74, 6) is 0. The lowest BCUT2D eigenvalue weighted by Gasteiger charge is -1.87. The normalized spacial score (nSPS) is 9.92. The Bertz CT molecular complexity index is 467. The monoisotopic (exact) mass is 175 g/mol. The maximum atomic E-state index is 8.67. The van der Waals surface area contributed by atoms with Crippen LogP contribution in [0.3, 0.4) is 0 Å². The van der Waals surface area contributed by atoms with Crippen LogP contribution in [0.25, 0.3) is 10.2 Å².